The molecule has 2 amide bonds. The van der Waals surface area contributed by atoms with Gasteiger partial charge >= 0.3 is 6.09 Å². The summed E-state index contributed by atoms with van der Waals surface area (Å²) in [4.78, 5) is 24.2. The molecule has 3 N–H and O–H groups in total. The van der Waals surface area contributed by atoms with Gasteiger partial charge in [0.25, 0.3) is 0 Å². The van der Waals surface area contributed by atoms with Gasteiger partial charge in [-0.15, -0.1) is 0 Å². The average molecular weight is 391 g/mol. The summed E-state index contributed by atoms with van der Waals surface area (Å²) in [6.07, 6.45) is -0.737. The minimum atomic E-state index is -0.916. The summed E-state index contributed by atoms with van der Waals surface area (Å²) in [6, 6.07) is 8.61. The van der Waals surface area contributed by atoms with E-state index in [-0.39, 0.29) is 17.1 Å². The average Bonchev–Trinajstić information content (AvgIpc) is 2.57. The Balaban J connectivity index is 2.12. The van der Waals surface area contributed by atoms with Gasteiger partial charge in [-0.3, -0.25) is 4.79 Å². The number of halogens is 2. The smallest absolute Gasteiger partial charge is 0.408 e. The van der Waals surface area contributed by atoms with E-state index in [1.165, 1.54) is 31.2 Å². The molecule has 8 heteroatoms. The molecule has 0 aliphatic rings. The van der Waals surface area contributed by atoms with Crippen LogP contribution in [-0.2, 0) is 9.53 Å². The van der Waals surface area contributed by atoms with Crippen LogP contribution in [0, 0.1) is 11.6 Å². The van der Waals surface area contributed by atoms with Gasteiger partial charge < -0.3 is 20.7 Å². The highest BCUT2D eigenvalue weighted by Gasteiger charge is 2.21. The molecule has 0 aliphatic carbocycles. The highest BCUT2D eigenvalue weighted by Crippen LogP contribution is 2.28. The van der Waals surface area contributed by atoms with E-state index < -0.39 is 35.3 Å². The second-order valence-corrected chi connectivity index (χ2v) is 7.15. The maximum Gasteiger partial charge on any atom is 0.408 e. The molecular weight excluding hydrogens is 368 g/mol. The molecule has 1 unspecified atom stereocenters. The van der Waals surface area contributed by atoms with Crippen LogP contribution in [0.3, 0.4) is 0 Å². The highest BCUT2D eigenvalue weighted by atomic mass is 19.1. The lowest BCUT2D eigenvalue weighted by Crippen LogP contribution is -2.44. The number of carbonyl (C=O) groups is 2. The van der Waals surface area contributed by atoms with Crippen LogP contribution in [0.5, 0.6) is 0 Å². The molecule has 2 aromatic rings. The topological polar surface area (TPSA) is 79.5 Å². The van der Waals surface area contributed by atoms with Gasteiger partial charge in [0.1, 0.15) is 23.3 Å². The summed E-state index contributed by atoms with van der Waals surface area (Å²) in [5, 5.41) is 7.76. The van der Waals surface area contributed by atoms with Crippen LogP contribution in [0.4, 0.5) is 30.6 Å². The number of hydrogen-bond donors (Lipinski definition) is 3. The zero-order valence-electron chi connectivity index (χ0n) is 16.1. The lowest BCUT2D eigenvalue weighted by atomic mass is 10.2. The first kappa shape index (κ1) is 21.1. The van der Waals surface area contributed by atoms with Crippen molar-refractivity contribution >= 4 is 29.1 Å². The van der Waals surface area contributed by atoms with Crippen LogP contribution in [-0.4, -0.2) is 23.6 Å². The lowest BCUT2D eigenvalue weighted by molar-refractivity contribution is -0.117. The summed E-state index contributed by atoms with van der Waals surface area (Å²) >= 11 is 0. The van der Waals surface area contributed by atoms with Gasteiger partial charge in [-0.05, 0) is 58.0 Å². The fourth-order valence-corrected chi connectivity index (χ4v) is 2.23. The fourth-order valence-electron chi connectivity index (χ4n) is 2.23. The summed E-state index contributed by atoms with van der Waals surface area (Å²) in [7, 11) is 0. The number of nitrogens with one attached hydrogen (secondary N) is 3. The molecule has 28 heavy (non-hydrogen) atoms. The van der Waals surface area contributed by atoms with Gasteiger partial charge in [-0.25, -0.2) is 13.6 Å². The largest absolute Gasteiger partial charge is 0.444 e. The third-order valence-corrected chi connectivity index (χ3v) is 3.51. The minimum absolute atomic E-state index is 0.128. The predicted octanol–water partition coefficient (Wildman–Crippen LogP) is 4.56. The molecule has 0 aliphatic heterocycles. The minimum Gasteiger partial charge on any atom is -0.444 e. The number of amides is 2. The quantitative estimate of drug-likeness (QED) is 0.698. The van der Waals surface area contributed by atoms with E-state index in [1.54, 1.807) is 26.8 Å². The number of benzene rings is 2. The Hall–Kier alpha value is -3.16. The van der Waals surface area contributed by atoms with E-state index in [2.05, 4.69) is 16.0 Å². The second kappa shape index (κ2) is 8.69. The molecule has 2 rings (SSSR count). The molecule has 0 aromatic heterocycles. The van der Waals surface area contributed by atoms with Crippen molar-refractivity contribution in [3.05, 3.63) is 54.1 Å². The Kier molecular flexibility index (Phi) is 6.56. The Labute approximate surface area is 162 Å². The summed E-state index contributed by atoms with van der Waals surface area (Å²) in [6.45, 7) is 6.59. The summed E-state index contributed by atoms with van der Waals surface area (Å²) in [5.74, 6) is -1.63. The Morgan fingerprint density at radius 2 is 1.68 bits per heavy atom. The van der Waals surface area contributed by atoms with Crippen LogP contribution in [0.15, 0.2) is 42.5 Å². The summed E-state index contributed by atoms with van der Waals surface area (Å²) in [5.41, 5.74) is -0.174. The number of alkyl carbamates (subject to hydrolysis) is 1. The number of rotatable bonds is 5. The monoisotopic (exact) mass is 391 g/mol. The molecule has 6 nitrogen and oxygen atoms in total. The SMILES string of the molecule is CC(NC(=O)OC(C)(C)C)C(=O)Nc1ccc(F)cc1Nc1ccccc1F. The Morgan fingerprint density at radius 3 is 2.32 bits per heavy atom. The van der Waals surface area contributed by atoms with Crippen molar-refractivity contribution in [3.63, 3.8) is 0 Å². The van der Waals surface area contributed by atoms with Crippen molar-refractivity contribution in [1.82, 2.24) is 5.32 Å². The van der Waals surface area contributed by atoms with Crippen molar-refractivity contribution in [2.45, 2.75) is 39.3 Å². The Bertz CT molecular complexity index is 866. The zero-order valence-corrected chi connectivity index (χ0v) is 16.1. The predicted molar refractivity (Wildman–Crippen MR) is 104 cm³/mol. The van der Waals surface area contributed by atoms with Crippen molar-refractivity contribution in [3.8, 4) is 0 Å². The van der Waals surface area contributed by atoms with Crippen LogP contribution < -0.4 is 16.0 Å². The van der Waals surface area contributed by atoms with E-state index >= 15 is 0 Å². The van der Waals surface area contributed by atoms with E-state index in [9.17, 15) is 18.4 Å². The van der Waals surface area contributed by atoms with Crippen LogP contribution in [0.25, 0.3) is 0 Å². The van der Waals surface area contributed by atoms with Crippen molar-refractivity contribution in [2.75, 3.05) is 10.6 Å². The second-order valence-electron chi connectivity index (χ2n) is 7.15. The van der Waals surface area contributed by atoms with Gasteiger partial charge in [0, 0.05) is 0 Å². The third-order valence-electron chi connectivity index (χ3n) is 3.51. The van der Waals surface area contributed by atoms with Crippen molar-refractivity contribution < 1.29 is 23.1 Å². The van der Waals surface area contributed by atoms with E-state index in [1.807, 2.05) is 0 Å². The molecule has 0 saturated heterocycles. The molecule has 1 atom stereocenters. The standard InChI is InChI=1S/C20H23F2N3O3/c1-12(23-19(27)28-20(2,3)4)18(26)25-16-10-9-13(21)11-17(16)24-15-8-6-5-7-14(15)22/h5-12,24H,1-4H3,(H,23,27)(H,25,26). The van der Waals surface area contributed by atoms with E-state index in [4.69, 9.17) is 4.74 Å². The maximum atomic E-state index is 13.9. The van der Waals surface area contributed by atoms with Crippen molar-refractivity contribution in [1.29, 1.82) is 0 Å². The highest BCUT2D eigenvalue weighted by molar-refractivity contribution is 5.99. The first-order valence-electron chi connectivity index (χ1n) is 8.66. The zero-order chi connectivity index (χ0) is 20.9. The number of carbonyl (C=O) groups excluding carboxylic acids is 2. The van der Waals surface area contributed by atoms with Gasteiger partial charge in [-0.1, -0.05) is 12.1 Å². The molecule has 0 bridgehead atoms. The van der Waals surface area contributed by atoms with E-state index in [0.717, 1.165) is 12.1 Å². The van der Waals surface area contributed by atoms with Crippen LogP contribution in [0.2, 0.25) is 0 Å². The van der Waals surface area contributed by atoms with Gasteiger partial charge in [0.2, 0.25) is 5.91 Å². The van der Waals surface area contributed by atoms with Gasteiger partial charge in [0.05, 0.1) is 17.1 Å². The lowest BCUT2D eigenvalue weighted by Gasteiger charge is -2.22. The number of hydrogen-bond acceptors (Lipinski definition) is 4. The molecule has 150 valence electrons. The first-order chi connectivity index (χ1) is 13.0. The fraction of sp³-hybridized carbons (Fsp3) is 0.300. The van der Waals surface area contributed by atoms with E-state index in [0.29, 0.717) is 0 Å². The number of para-hydroxylation sites is 1. The van der Waals surface area contributed by atoms with Gasteiger partial charge in [-0.2, -0.15) is 0 Å². The maximum absolute atomic E-state index is 13.9. The number of anilines is 3. The molecule has 2 aromatic carbocycles. The molecule has 0 heterocycles. The molecular formula is C20H23F2N3O3. The Morgan fingerprint density at radius 1 is 1.00 bits per heavy atom. The van der Waals surface area contributed by atoms with Crippen LogP contribution in [0.1, 0.15) is 27.7 Å². The molecule has 0 radical (unpaired) electrons. The summed E-state index contributed by atoms with van der Waals surface area (Å²) < 4.78 is 32.6. The molecule has 0 fully saturated rings. The molecule has 0 saturated carbocycles. The normalized spacial score (nSPS) is 12.1. The van der Waals surface area contributed by atoms with Crippen LogP contribution >= 0.6 is 0 Å². The number of ether oxygens (including phenoxy) is 1. The van der Waals surface area contributed by atoms with Crippen molar-refractivity contribution in [2.24, 2.45) is 0 Å². The first-order valence-corrected chi connectivity index (χ1v) is 8.66. The van der Waals surface area contributed by atoms with Gasteiger partial charge in [0.15, 0.2) is 0 Å². The third kappa shape index (κ3) is 6.22. The molecule has 0 spiro atoms.